The van der Waals surface area contributed by atoms with Gasteiger partial charge in [-0.25, -0.2) is 4.98 Å². The fourth-order valence-electron chi connectivity index (χ4n) is 2.49. The van der Waals surface area contributed by atoms with Gasteiger partial charge in [0.15, 0.2) is 0 Å². The standard InChI is InChI=1S/C14H23N3OS/c1-10(2)6-13-16-12(9-19-13)14(18)17-5-4-11(8-17)7-15-3/h9-11,15H,4-8H2,1-3H3. The van der Waals surface area contributed by atoms with E-state index in [0.29, 0.717) is 17.5 Å². The van der Waals surface area contributed by atoms with Crippen molar-refractivity contribution >= 4 is 17.2 Å². The Morgan fingerprint density at radius 1 is 1.63 bits per heavy atom. The molecule has 1 aliphatic rings. The predicted octanol–water partition coefficient (Wildman–Crippen LogP) is 2.02. The van der Waals surface area contributed by atoms with Crippen LogP contribution in [0.4, 0.5) is 0 Å². The summed E-state index contributed by atoms with van der Waals surface area (Å²) >= 11 is 1.61. The molecule has 106 valence electrons. The van der Waals surface area contributed by atoms with Gasteiger partial charge in [-0.2, -0.15) is 0 Å². The fraction of sp³-hybridized carbons (Fsp3) is 0.714. The molecule has 1 atom stereocenters. The lowest BCUT2D eigenvalue weighted by Crippen LogP contribution is -2.30. The molecule has 1 aromatic heterocycles. The number of hydrogen-bond acceptors (Lipinski definition) is 4. The molecule has 2 rings (SSSR count). The van der Waals surface area contributed by atoms with Crippen LogP contribution in [0.25, 0.3) is 0 Å². The molecule has 1 amide bonds. The van der Waals surface area contributed by atoms with E-state index in [1.165, 1.54) is 0 Å². The van der Waals surface area contributed by atoms with E-state index >= 15 is 0 Å². The maximum absolute atomic E-state index is 12.3. The monoisotopic (exact) mass is 281 g/mol. The van der Waals surface area contributed by atoms with Crippen molar-refractivity contribution in [3.63, 3.8) is 0 Å². The van der Waals surface area contributed by atoms with Crippen LogP contribution >= 0.6 is 11.3 Å². The van der Waals surface area contributed by atoms with Crippen molar-refractivity contribution in [2.75, 3.05) is 26.7 Å². The van der Waals surface area contributed by atoms with Crippen molar-refractivity contribution in [2.24, 2.45) is 11.8 Å². The molecular formula is C14H23N3OS. The van der Waals surface area contributed by atoms with Crippen LogP contribution in [0.1, 0.15) is 35.8 Å². The van der Waals surface area contributed by atoms with E-state index in [1.54, 1.807) is 11.3 Å². The third-order valence-corrected chi connectivity index (χ3v) is 4.29. The summed E-state index contributed by atoms with van der Waals surface area (Å²) in [5, 5.41) is 6.16. The molecule has 0 aromatic carbocycles. The first-order valence-corrected chi connectivity index (χ1v) is 7.86. The lowest BCUT2D eigenvalue weighted by Gasteiger charge is -2.15. The van der Waals surface area contributed by atoms with Gasteiger partial charge in [0.1, 0.15) is 5.69 Å². The first-order chi connectivity index (χ1) is 9.10. The zero-order valence-electron chi connectivity index (χ0n) is 12.0. The number of likely N-dealkylation sites (tertiary alicyclic amines) is 1. The number of thiazole rings is 1. The smallest absolute Gasteiger partial charge is 0.273 e. The van der Waals surface area contributed by atoms with Gasteiger partial charge in [-0.05, 0) is 31.8 Å². The minimum Gasteiger partial charge on any atom is -0.337 e. The maximum atomic E-state index is 12.3. The molecule has 2 heterocycles. The highest BCUT2D eigenvalue weighted by atomic mass is 32.1. The highest BCUT2D eigenvalue weighted by Gasteiger charge is 2.27. The first kappa shape index (κ1) is 14.5. The summed E-state index contributed by atoms with van der Waals surface area (Å²) < 4.78 is 0. The van der Waals surface area contributed by atoms with Crippen LogP contribution in [-0.2, 0) is 6.42 Å². The Balaban J connectivity index is 1.94. The second-order valence-electron chi connectivity index (χ2n) is 5.69. The van der Waals surface area contributed by atoms with Crippen LogP contribution in [0.5, 0.6) is 0 Å². The fourth-order valence-corrected chi connectivity index (χ4v) is 3.47. The molecule has 1 aliphatic heterocycles. The molecule has 1 unspecified atom stereocenters. The van der Waals surface area contributed by atoms with Crippen molar-refractivity contribution in [2.45, 2.75) is 26.7 Å². The largest absolute Gasteiger partial charge is 0.337 e. The van der Waals surface area contributed by atoms with E-state index in [9.17, 15) is 4.79 Å². The second kappa shape index (κ2) is 6.48. The van der Waals surface area contributed by atoms with Gasteiger partial charge in [0, 0.05) is 24.9 Å². The van der Waals surface area contributed by atoms with E-state index in [1.807, 2.05) is 17.3 Å². The number of carbonyl (C=O) groups is 1. The SMILES string of the molecule is CNCC1CCN(C(=O)c2csc(CC(C)C)n2)C1. The topological polar surface area (TPSA) is 45.2 Å². The first-order valence-electron chi connectivity index (χ1n) is 6.98. The zero-order chi connectivity index (χ0) is 13.8. The highest BCUT2D eigenvalue weighted by molar-refractivity contribution is 7.09. The van der Waals surface area contributed by atoms with Gasteiger partial charge < -0.3 is 10.2 Å². The van der Waals surface area contributed by atoms with Gasteiger partial charge >= 0.3 is 0 Å². The molecule has 4 nitrogen and oxygen atoms in total. The molecule has 1 saturated heterocycles. The van der Waals surface area contributed by atoms with Crippen molar-refractivity contribution in [3.05, 3.63) is 16.1 Å². The van der Waals surface area contributed by atoms with Crippen LogP contribution in [0, 0.1) is 11.8 Å². The average Bonchev–Trinajstić information content (AvgIpc) is 2.97. The van der Waals surface area contributed by atoms with Crippen LogP contribution < -0.4 is 5.32 Å². The normalized spacial score (nSPS) is 19.4. The molecule has 0 aliphatic carbocycles. The quantitative estimate of drug-likeness (QED) is 0.898. The van der Waals surface area contributed by atoms with Gasteiger partial charge in [0.25, 0.3) is 5.91 Å². The summed E-state index contributed by atoms with van der Waals surface area (Å²) in [7, 11) is 1.96. The number of hydrogen-bond donors (Lipinski definition) is 1. The van der Waals surface area contributed by atoms with Gasteiger partial charge in [-0.15, -0.1) is 11.3 Å². The Labute approximate surface area is 119 Å². The summed E-state index contributed by atoms with van der Waals surface area (Å²) in [6, 6.07) is 0. The lowest BCUT2D eigenvalue weighted by molar-refractivity contribution is 0.0782. The minimum absolute atomic E-state index is 0.102. The predicted molar refractivity (Wildman–Crippen MR) is 78.6 cm³/mol. The van der Waals surface area contributed by atoms with E-state index in [-0.39, 0.29) is 5.91 Å². The van der Waals surface area contributed by atoms with Crippen LogP contribution in [-0.4, -0.2) is 42.5 Å². The zero-order valence-corrected chi connectivity index (χ0v) is 12.8. The highest BCUT2D eigenvalue weighted by Crippen LogP contribution is 2.20. The number of nitrogens with one attached hydrogen (secondary N) is 1. The summed E-state index contributed by atoms with van der Waals surface area (Å²) in [5.41, 5.74) is 0.630. The van der Waals surface area contributed by atoms with E-state index in [0.717, 1.165) is 37.5 Å². The van der Waals surface area contributed by atoms with E-state index in [2.05, 4.69) is 24.1 Å². The Kier molecular flexibility index (Phi) is 4.93. The summed E-state index contributed by atoms with van der Waals surface area (Å²) in [5.74, 6) is 1.27. The Hall–Kier alpha value is -0.940. The van der Waals surface area contributed by atoms with Crippen LogP contribution in [0.3, 0.4) is 0 Å². The van der Waals surface area contributed by atoms with Gasteiger partial charge in [-0.1, -0.05) is 13.8 Å². The molecule has 1 aromatic rings. The van der Waals surface area contributed by atoms with Gasteiger partial charge in [0.05, 0.1) is 5.01 Å². The molecule has 0 radical (unpaired) electrons. The van der Waals surface area contributed by atoms with Crippen LogP contribution in [0.2, 0.25) is 0 Å². The van der Waals surface area contributed by atoms with Gasteiger partial charge in [-0.3, -0.25) is 4.79 Å². The van der Waals surface area contributed by atoms with Crippen molar-refractivity contribution in [1.82, 2.24) is 15.2 Å². The van der Waals surface area contributed by atoms with E-state index < -0.39 is 0 Å². The molecule has 19 heavy (non-hydrogen) atoms. The third kappa shape index (κ3) is 3.76. The Morgan fingerprint density at radius 2 is 2.42 bits per heavy atom. The minimum atomic E-state index is 0.102. The van der Waals surface area contributed by atoms with Crippen molar-refractivity contribution in [3.8, 4) is 0 Å². The Morgan fingerprint density at radius 3 is 3.11 bits per heavy atom. The summed E-state index contributed by atoms with van der Waals surface area (Å²) in [6.45, 7) is 7.05. The summed E-state index contributed by atoms with van der Waals surface area (Å²) in [6.07, 6.45) is 2.05. The number of amides is 1. The second-order valence-corrected chi connectivity index (χ2v) is 6.63. The molecule has 0 saturated carbocycles. The molecular weight excluding hydrogens is 258 g/mol. The van der Waals surface area contributed by atoms with Crippen molar-refractivity contribution < 1.29 is 4.79 Å². The van der Waals surface area contributed by atoms with Gasteiger partial charge in [0.2, 0.25) is 0 Å². The molecule has 1 N–H and O–H groups in total. The number of rotatable bonds is 5. The molecule has 0 bridgehead atoms. The third-order valence-electron chi connectivity index (χ3n) is 3.42. The number of nitrogens with zero attached hydrogens (tertiary/aromatic N) is 2. The molecule has 1 fully saturated rings. The maximum Gasteiger partial charge on any atom is 0.273 e. The van der Waals surface area contributed by atoms with Crippen molar-refractivity contribution in [1.29, 1.82) is 0 Å². The van der Waals surface area contributed by atoms with Crippen LogP contribution in [0.15, 0.2) is 5.38 Å². The Bertz CT molecular complexity index is 430. The number of aromatic nitrogens is 1. The van der Waals surface area contributed by atoms with E-state index in [4.69, 9.17) is 0 Å². The lowest BCUT2D eigenvalue weighted by atomic mass is 10.1. The number of carbonyl (C=O) groups excluding carboxylic acids is 1. The average molecular weight is 281 g/mol. The molecule has 0 spiro atoms. The summed E-state index contributed by atoms with van der Waals surface area (Å²) in [4.78, 5) is 18.8. The molecule has 5 heteroatoms.